The van der Waals surface area contributed by atoms with Gasteiger partial charge in [0.2, 0.25) is 0 Å². The number of halogens is 5. The fourth-order valence-electron chi connectivity index (χ4n) is 5.34. The van der Waals surface area contributed by atoms with E-state index >= 15 is 0 Å². The molecule has 2 aromatic heterocycles. The largest absolute Gasteiger partial charge is 0.491 e. The number of carbonyl (C=O) groups excluding carboxylic acids is 1. The van der Waals surface area contributed by atoms with Crippen LogP contribution in [0.5, 0.6) is 5.75 Å². The SMILES string of the molecule is CCNc1cc(Nc2ccc(C(=O)N3OCC[C@@H]3c3cc(F)cc(F)c3)c3c2OCC3)nc2[nH]cc(C(F)(F)F)c12. The second kappa shape index (κ2) is 10.2. The van der Waals surface area contributed by atoms with E-state index in [1.807, 2.05) is 0 Å². The van der Waals surface area contributed by atoms with E-state index in [9.17, 15) is 26.7 Å². The number of alkyl halides is 3. The summed E-state index contributed by atoms with van der Waals surface area (Å²) in [6.45, 7) is 2.66. The number of amides is 1. The summed E-state index contributed by atoms with van der Waals surface area (Å²) in [6.07, 6.45) is -2.89. The molecule has 1 atom stereocenters. The summed E-state index contributed by atoms with van der Waals surface area (Å²) >= 11 is 0. The van der Waals surface area contributed by atoms with Gasteiger partial charge in [0.1, 0.15) is 28.8 Å². The van der Waals surface area contributed by atoms with Gasteiger partial charge in [-0.05, 0) is 36.8 Å². The molecule has 4 heterocycles. The molecule has 1 saturated heterocycles. The summed E-state index contributed by atoms with van der Waals surface area (Å²) in [7, 11) is 0. The fraction of sp³-hybridized carbons (Fsp3) is 0.286. The highest BCUT2D eigenvalue weighted by molar-refractivity contribution is 5.98. The van der Waals surface area contributed by atoms with Crippen LogP contribution < -0.4 is 15.4 Å². The molecule has 0 radical (unpaired) electrons. The second-order valence-corrected chi connectivity index (χ2v) is 9.67. The van der Waals surface area contributed by atoms with Gasteiger partial charge in [0.25, 0.3) is 5.91 Å². The molecule has 3 N–H and O–H groups in total. The maximum atomic E-state index is 13.9. The van der Waals surface area contributed by atoms with Crippen LogP contribution in [0.1, 0.15) is 46.4 Å². The monoisotopic (exact) mass is 573 g/mol. The summed E-state index contributed by atoms with van der Waals surface area (Å²) in [5, 5.41) is 7.15. The molecule has 13 heteroatoms. The lowest BCUT2D eigenvalue weighted by atomic mass is 10.0. The Labute approximate surface area is 230 Å². The third-order valence-corrected chi connectivity index (χ3v) is 7.04. The average molecular weight is 574 g/mol. The zero-order valence-electron chi connectivity index (χ0n) is 21.7. The quantitative estimate of drug-likeness (QED) is 0.229. The van der Waals surface area contributed by atoms with Crippen LogP contribution in [0.3, 0.4) is 0 Å². The zero-order valence-corrected chi connectivity index (χ0v) is 21.7. The van der Waals surface area contributed by atoms with Crippen molar-refractivity contribution in [1.29, 1.82) is 0 Å². The Bertz CT molecular complexity index is 1630. The Morgan fingerprint density at radius 1 is 1.12 bits per heavy atom. The third kappa shape index (κ3) is 4.90. The number of hydroxylamine groups is 2. The molecule has 214 valence electrons. The van der Waals surface area contributed by atoms with E-state index in [-0.39, 0.29) is 34.7 Å². The highest BCUT2D eigenvalue weighted by Gasteiger charge is 2.37. The van der Waals surface area contributed by atoms with Crippen molar-refractivity contribution >= 4 is 34.1 Å². The van der Waals surface area contributed by atoms with Crippen molar-refractivity contribution in [2.75, 3.05) is 30.4 Å². The minimum atomic E-state index is -4.56. The van der Waals surface area contributed by atoms with Gasteiger partial charge < -0.3 is 20.4 Å². The van der Waals surface area contributed by atoms with Crippen LogP contribution in [0.2, 0.25) is 0 Å². The average Bonchev–Trinajstić information content (AvgIpc) is 3.67. The maximum Gasteiger partial charge on any atom is 0.418 e. The van der Waals surface area contributed by atoms with E-state index in [4.69, 9.17) is 9.57 Å². The van der Waals surface area contributed by atoms with Gasteiger partial charge in [-0.3, -0.25) is 9.63 Å². The lowest BCUT2D eigenvalue weighted by molar-refractivity contribution is -0.136. The van der Waals surface area contributed by atoms with Gasteiger partial charge in [-0.2, -0.15) is 13.2 Å². The number of hydrogen-bond donors (Lipinski definition) is 3. The third-order valence-electron chi connectivity index (χ3n) is 7.04. The normalized spacial score (nSPS) is 16.6. The summed E-state index contributed by atoms with van der Waals surface area (Å²) in [6, 6.07) is 7.12. The first kappa shape index (κ1) is 26.8. The topological polar surface area (TPSA) is 91.5 Å². The molecular formula is C28H24F5N5O3. The molecule has 0 aliphatic carbocycles. The highest BCUT2D eigenvalue weighted by Crippen LogP contribution is 2.42. The molecule has 41 heavy (non-hydrogen) atoms. The first-order chi connectivity index (χ1) is 19.6. The molecule has 2 aromatic carbocycles. The second-order valence-electron chi connectivity index (χ2n) is 9.67. The number of H-pyrrole nitrogens is 1. The number of nitrogens with one attached hydrogen (secondary N) is 3. The smallest absolute Gasteiger partial charge is 0.418 e. The number of anilines is 3. The fourth-order valence-corrected chi connectivity index (χ4v) is 5.34. The first-order valence-electron chi connectivity index (χ1n) is 13.0. The summed E-state index contributed by atoms with van der Waals surface area (Å²) < 4.78 is 74.3. The van der Waals surface area contributed by atoms with Gasteiger partial charge in [0.15, 0.2) is 0 Å². The Hall–Kier alpha value is -4.39. The van der Waals surface area contributed by atoms with Crippen molar-refractivity contribution in [3.8, 4) is 5.75 Å². The standard InChI is InChI=1S/C28H24F5N5O3/c1-2-34-21-12-23(37-26-24(21)19(13-35-26)28(31,32)33)36-20-4-3-18(17-5-7-40-25(17)20)27(39)38-22(6-8-41-38)14-9-15(29)11-16(30)10-14/h3-4,9-13,22H,2,5-8H2,1H3,(H3,34,35,36,37)/t22-/m1/s1. The number of aromatic nitrogens is 2. The van der Waals surface area contributed by atoms with E-state index in [1.54, 1.807) is 19.1 Å². The predicted octanol–water partition coefficient (Wildman–Crippen LogP) is 6.49. The zero-order chi connectivity index (χ0) is 28.9. The molecule has 1 amide bonds. The number of rotatable bonds is 6. The van der Waals surface area contributed by atoms with Crippen LogP contribution in [0, 0.1) is 11.6 Å². The summed E-state index contributed by atoms with van der Waals surface area (Å²) in [5.74, 6) is -1.32. The highest BCUT2D eigenvalue weighted by atomic mass is 19.4. The number of nitrogens with zero attached hydrogens (tertiary/aromatic N) is 2. The molecule has 0 saturated carbocycles. The lowest BCUT2D eigenvalue weighted by Crippen LogP contribution is -2.30. The Kier molecular flexibility index (Phi) is 6.68. The molecule has 1 fully saturated rings. The van der Waals surface area contributed by atoms with Crippen molar-refractivity contribution in [3.63, 3.8) is 0 Å². The van der Waals surface area contributed by atoms with E-state index < -0.39 is 35.3 Å². The molecule has 4 aromatic rings. The van der Waals surface area contributed by atoms with E-state index in [1.165, 1.54) is 18.2 Å². The number of benzene rings is 2. The summed E-state index contributed by atoms with van der Waals surface area (Å²) in [5.41, 5.74) is 1.15. The molecule has 0 bridgehead atoms. The number of pyridine rings is 1. The minimum absolute atomic E-state index is 0.0497. The van der Waals surface area contributed by atoms with Gasteiger partial charge in [0, 0.05) is 54.5 Å². The van der Waals surface area contributed by atoms with Crippen molar-refractivity contribution in [3.05, 3.63) is 76.5 Å². The Balaban J connectivity index is 1.32. The number of carbonyl (C=O) groups is 1. The van der Waals surface area contributed by atoms with Crippen molar-refractivity contribution in [2.24, 2.45) is 0 Å². The van der Waals surface area contributed by atoms with E-state index in [2.05, 4.69) is 20.6 Å². The lowest BCUT2D eigenvalue weighted by Gasteiger charge is -2.24. The molecular weight excluding hydrogens is 549 g/mol. The number of fused-ring (bicyclic) bond motifs is 2. The van der Waals surface area contributed by atoms with Crippen LogP contribution in [-0.4, -0.2) is 40.7 Å². The molecule has 0 unspecified atom stereocenters. The van der Waals surface area contributed by atoms with Gasteiger partial charge in [-0.1, -0.05) is 0 Å². The van der Waals surface area contributed by atoms with Crippen LogP contribution >= 0.6 is 0 Å². The van der Waals surface area contributed by atoms with Gasteiger partial charge in [-0.25, -0.2) is 18.8 Å². The minimum Gasteiger partial charge on any atom is -0.491 e. The van der Waals surface area contributed by atoms with Crippen LogP contribution in [0.4, 0.5) is 39.1 Å². The first-order valence-corrected chi connectivity index (χ1v) is 13.0. The van der Waals surface area contributed by atoms with Crippen molar-refractivity contribution < 1.29 is 36.3 Å². The molecule has 6 rings (SSSR count). The number of aromatic amines is 1. The molecule has 8 nitrogen and oxygen atoms in total. The summed E-state index contributed by atoms with van der Waals surface area (Å²) in [4.78, 5) is 26.1. The van der Waals surface area contributed by atoms with Crippen molar-refractivity contribution in [2.45, 2.75) is 32.0 Å². The van der Waals surface area contributed by atoms with Crippen LogP contribution in [0.15, 0.2) is 42.6 Å². The Morgan fingerprint density at radius 3 is 2.63 bits per heavy atom. The molecule has 2 aliphatic heterocycles. The van der Waals surface area contributed by atoms with E-state index in [0.717, 1.165) is 17.3 Å². The van der Waals surface area contributed by atoms with E-state index in [0.29, 0.717) is 48.6 Å². The predicted molar refractivity (Wildman–Crippen MR) is 140 cm³/mol. The van der Waals surface area contributed by atoms with Gasteiger partial charge in [0.05, 0.1) is 35.9 Å². The maximum absolute atomic E-state index is 13.9. The Morgan fingerprint density at radius 2 is 1.90 bits per heavy atom. The van der Waals surface area contributed by atoms with Gasteiger partial charge in [-0.15, -0.1) is 0 Å². The van der Waals surface area contributed by atoms with Crippen molar-refractivity contribution in [1.82, 2.24) is 15.0 Å². The molecule has 0 spiro atoms. The molecule has 2 aliphatic rings. The number of hydrogen-bond acceptors (Lipinski definition) is 6. The number of ether oxygens (including phenoxy) is 1. The van der Waals surface area contributed by atoms with Gasteiger partial charge >= 0.3 is 6.18 Å². The van der Waals surface area contributed by atoms with Crippen LogP contribution in [-0.2, 0) is 17.4 Å². The van der Waals surface area contributed by atoms with Crippen LogP contribution in [0.25, 0.3) is 11.0 Å².